The summed E-state index contributed by atoms with van der Waals surface area (Å²) in [5.41, 5.74) is 2.42. The summed E-state index contributed by atoms with van der Waals surface area (Å²) in [4.78, 5) is 3.18. The van der Waals surface area contributed by atoms with Gasteiger partial charge in [-0.25, -0.2) is 0 Å². The third-order valence-electron chi connectivity index (χ3n) is 3.57. The molecule has 0 saturated heterocycles. The molecule has 4 nitrogen and oxygen atoms in total. The summed E-state index contributed by atoms with van der Waals surface area (Å²) in [6.45, 7) is 7.53. The van der Waals surface area contributed by atoms with Crippen molar-refractivity contribution in [3.05, 3.63) is 54.1 Å². The maximum atomic E-state index is 10.5. The molecule has 1 aliphatic rings. The van der Waals surface area contributed by atoms with E-state index in [1.807, 2.05) is 6.92 Å². The zero-order valence-corrected chi connectivity index (χ0v) is 16.0. The number of fused-ring (bicyclic) bond motifs is 1. The number of anilines is 1. The molecule has 0 radical (unpaired) electrons. The van der Waals surface area contributed by atoms with Gasteiger partial charge in [0.05, 0.1) is 4.90 Å². The van der Waals surface area contributed by atoms with Crippen molar-refractivity contribution in [2.45, 2.75) is 30.6 Å². The van der Waals surface area contributed by atoms with Crippen molar-refractivity contribution in [1.29, 1.82) is 0 Å². The Balaban J connectivity index is 0.000000168. The maximum Gasteiger partial charge on any atom is 0.294 e. The Morgan fingerprint density at radius 3 is 2.30 bits per heavy atom. The molecule has 0 fully saturated rings. The van der Waals surface area contributed by atoms with Gasteiger partial charge in [-0.2, -0.15) is 8.42 Å². The molecule has 1 unspecified atom stereocenters. The second-order valence-electron chi connectivity index (χ2n) is 5.26. The molecule has 1 atom stereocenters. The zero-order valence-electron chi connectivity index (χ0n) is 13.4. The zero-order chi connectivity index (χ0) is 17.0. The second-order valence-corrected chi connectivity index (χ2v) is 9.53. The molecule has 0 aromatic heterocycles. The van der Waals surface area contributed by atoms with E-state index in [4.69, 9.17) is 4.55 Å². The Hall–Kier alpha value is -1.33. The number of aryl methyl sites for hydroxylation is 1. The van der Waals surface area contributed by atoms with Crippen LogP contribution in [0.1, 0.15) is 19.4 Å². The number of rotatable bonds is 2. The van der Waals surface area contributed by atoms with Gasteiger partial charge in [-0.1, -0.05) is 17.7 Å². The van der Waals surface area contributed by atoms with E-state index in [9.17, 15) is 8.42 Å². The summed E-state index contributed by atoms with van der Waals surface area (Å²) in [5, 5.41) is 0. The van der Waals surface area contributed by atoms with Gasteiger partial charge in [0.2, 0.25) is 0 Å². The average Bonchev–Trinajstić information content (AvgIpc) is 2.82. The molecule has 0 aliphatic carbocycles. The van der Waals surface area contributed by atoms with Crippen molar-refractivity contribution >= 4 is 35.2 Å². The van der Waals surface area contributed by atoms with Gasteiger partial charge >= 0.3 is 79.6 Å². The summed E-state index contributed by atoms with van der Waals surface area (Å²) in [7, 11) is -4.02. The van der Waals surface area contributed by atoms with Gasteiger partial charge in [0.25, 0.3) is 10.1 Å². The largest absolute Gasteiger partial charge is 0.294 e. The molecule has 124 valence electrons. The van der Waals surface area contributed by atoms with Crippen LogP contribution in [0.3, 0.4) is 0 Å². The molecule has 0 bridgehead atoms. The van der Waals surface area contributed by atoms with Crippen LogP contribution in [0.4, 0.5) is 5.69 Å². The van der Waals surface area contributed by atoms with Crippen LogP contribution in [0.5, 0.6) is 0 Å². The van der Waals surface area contributed by atoms with Crippen molar-refractivity contribution in [2.75, 3.05) is 11.4 Å². The van der Waals surface area contributed by atoms with Crippen LogP contribution in [-0.2, 0) is 10.1 Å². The van der Waals surface area contributed by atoms with Crippen LogP contribution in [0.15, 0.2) is 53.4 Å². The van der Waals surface area contributed by atoms with Crippen LogP contribution in [0.2, 0.25) is 0 Å². The minimum absolute atomic E-state index is 0.0666. The summed E-state index contributed by atoms with van der Waals surface area (Å²) in [5.74, 6) is 0. The Labute approximate surface area is 144 Å². The Morgan fingerprint density at radius 1 is 1.13 bits per heavy atom. The van der Waals surface area contributed by atoms with E-state index < -0.39 is 10.1 Å². The van der Waals surface area contributed by atoms with Crippen molar-refractivity contribution in [3.8, 4) is 0 Å². The topological polar surface area (TPSA) is 57.6 Å². The van der Waals surface area contributed by atoms with E-state index in [2.05, 4.69) is 43.0 Å². The molecule has 6 heteroatoms. The predicted molar refractivity (Wildman–Crippen MR) is 95.3 cm³/mol. The van der Waals surface area contributed by atoms with Gasteiger partial charge in [-0.05, 0) is 19.1 Å². The van der Waals surface area contributed by atoms with E-state index >= 15 is 0 Å². The third-order valence-corrected chi connectivity index (χ3v) is 6.95. The molecule has 0 amide bonds. The van der Waals surface area contributed by atoms with E-state index in [0.29, 0.717) is 15.0 Å². The third kappa shape index (κ3) is 4.58. The Kier molecular flexibility index (Phi) is 5.87. The number of hydrogen-bond donors (Lipinski definition) is 1. The first kappa shape index (κ1) is 18.0. The smallest absolute Gasteiger partial charge is 0.282 e. The summed E-state index contributed by atoms with van der Waals surface area (Å²) < 4.78 is 31.1. The Morgan fingerprint density at radius 2 is 1.74 bits per heavy atom. The maximum absolute atomic E-state index is 10.5. The number of para-hydroxylation sites is 1. The van der Waals surface area contributed by atoms with Gasteiger partial charge in [0.1, 0.15) is 0 Å². The molecule has 2 aromatic carbocycles. The fourth-order valence-corrected chi connectivity index (χ4v) is 5.42. The van der Waals surface area contributed by atoms with Crippen LogP contribution >= 0.6 is 0 Å². The van der Waals surface area contributed by atoms with Crippen molar-refractivity contribution in [2.24, 2.45) is 0 Å². The Bertz CT molecular complexity index is 760. The van der Waals surface area contributed by atoms with Gasteiger partial charge in [-0.15, -0.1) is 0 Å². The van der Waals surface area contributed by atoms with Gasteiger partial charge in [-0.3, -0.25) is 4.55 Å². The molecule has 23 heavy (non-hydrogen) atoms. The SMILES string of the molecule is CCN1c2ccccc2[Se]C1C.Cc1ccc(S(=O)(=O)O)cc1. The van der Waals surface area contributed by atoms with Gasteiger partial charge in [0.15, 0.2) is 0 Å². The molecule has 1 N–H and O–H groups in total. The molecular formula is C17H21NO3SSe. The minimum Gasteiger partial charge on any atom is -0.282 e. The quantitative estimate of drug-likeness (QED) is 0.624. The monoisotopic (exact) mass is 399 g/mol. The van der Waals surface area contributed by atoms with E-state index in [1.165, 1.54) is 17.8 Å². The van der Waals surface area contributed by atoms with E-state index in [0.717, 1.165) is 17.0 Å². The second kappa shape index (κ2) is 7.49. The predicted octanol–water partition coefficient (Wildman–Crippen LogP) is 2.44. The normalized spacial score (nSPS) is 16.5. The first-order valence-electron chi connectivity index (χ1n) is 7.39. The fourth-order valence-electron chi connectivity index (χ4n) is 2.38. The van der Waals surface area contributed by atoms with Crippen LogP contribution in [0.25, 0.3) is 0 Å². The minimum atomic E-state index is -4.02. The van der Waals surface area contributed by atoms with Crippen LogP contribution < -0.4 is 9.36 Å². The number of hydrogen-bond acceptors (Lipinski definition) is 3. The fraction of sp³-hybridized carbons (Fsp3) is 0.294. The molecule has 3 rings (SSSR count). The molecule has 1 aliphatic heterocycles. The molecule has 2 aromatic rings. The standard InChI is InChI=1S/C10H13NSe.C7H8O3S/c1-3-11-8(2)12-10-7-5-4-6-9(10)11;1-6-2-4-7(5-3-6)11(8,9)10/h4-8H,3H2,1-2H3;2-5H,1H3,(H,8,9,10). The van der Waals surface area contributed by atoms with E-state index in [1.54, 1.807) is 16.6 Å². The van der Waals surface area contributed by atoms with Crippen molar-refractivity contribution in [3.63, 3.8) is 0 Å². The summed E-state index contributed by atoms with van der Waals surface area (Å²) in [6, 6.07) is 14.8. The first-order valence-corrected chi connectivity index (χ1v) is 10.7. The van der Waals surface area contributed by atoms with Gasteiger partial charge < -0.3 is 0 Å². The molecule has 0 spiro atoms. The number of nitrogens with zero attached hydrogens (tertiary/aromatic N) is 1. The van der Waals surface area contributed by atoms with Gasteiger partial charge in [0, 0.05) is 0 Å². The van der Waals surface area contributed by atoms with E-state index in [-0.39, 0.29) is 4.90 Å². The van der Waals surface area contributed by atoms with Crippen LogP contribution in [-0.4, -0.2) is 39.4 Å². The van der Waals surface area contributed by atoms with Crippen molar-refractivity contribution < 1.29 is 13.0 Å². The first-order chi connectivity index (χ1) is 10.8. The molecule has 1 heterocycles. The van der Waals surface area contributed by atoms with Crippen molar-refractivity contribution in [1.82, 2.24) is 0 Å². The molecular weight excluding hydrogens is 377 g/mol. The summed E-state index contributed by atoms with van der Waals surface area (Å²) >= 11 is 0.659. The number of benzene rings is 2. The van der Waals surface area contributed by atoms with Crippen LogP contribution in [0, 0.1) is 6.92 Å². The average molecular weight is 398 g/mol. The summed E-state index contributed by atoms with van der Waals surface area (Å²) in [6.07, 6.45) is 0. The molecule has 0 saturated carbocycles.